The number of aromatic nitrogens is 5. The van der Waals surface area contributed by atoms with Crippen molar-refractivity contribution in [2.75, 3.05) is 5.32 Å². The molecule has 3 aromatic heterocycles. The van der Waals surface area contributed by atoms with E-state index in [4.69, 9.17) is 0 Å². The van der Waals surface area contributed by atoms with Crippen LogP contribution in [0.2, 0.25) is 0 Å². The summed E-state index contributed by atoms with van der Waals surface area (Å²) in [6, 6.07) is 9.64. The van der Waals surface area contributed by atoms with Crippen LogP contribution in [0.3, 0.4) is 0 Å². The van der Waals surface area contributed by atoms with Crippen LogP contribution in [0.1, 0.15) is 30.8 Å². The number of halogens is 1. The van der Waals surface area contributed by atoms with Crippen LogP contribution in [0.15, 0.2) is 60.2 Å². The van der Waals surface area contributed by atoms with Crippen LogP contribution < -0.4 is 16.2 Å². The first-order chi connectivity index (χ1) is 15.8. The number of pyridine rings is 1. The van der Waals surface area contributed by atoms with E-state index in [0.717, 1.165) is 18.8 Å². The molecule has 1 aliphatic rings. The Labute approximate surface area is 189 Å². The van der Waals surface area contributed by atoms with Crippen LogP contribution in [0.5, 0.6) is 0 Å². The van der Waals surface area contributed by atoms with Gasteiger partial charge in [0.2, 0.25) is 0 Å². The van der Waals surface area contributed by atoms with Gasteiger partial charge in [0, 0.05) is 43.3 Å². The second kappa shape index (κ2) is 7.93. The molecule has 0 saturated heterocycles. The minimum absolute atomic E-state index is 0.0404. The summed E-state index contributed by atoms with van der Waals surface area (Å²) < 4.78 is 17.7. The normalized spacial score (nSPS) is 13.3. The first kappa shape index (κ1) is 21.0. The average Bonchev–Trinajstić information content (AvgIpc) is 3.36. The molecule has 4 aromatic rings. The zero-order valence-corrected chi connectivity index (χ0v) is 18.5. The Kier molecular flexibility index (Phi) is 5.05. The van der Waals surface area contributed by atoms with Gasteiger partial charge in [0.15, 0.2) is 17.3 Å². The summed E-state index contributed by atoms with van der Waals surface area (Å²) in [4.78, 5) is 26.0. The fourth-order valence-electron chi connectivity index (χ4n) is 4.02. The number of hydrogen-bond donors (Lipinski definition) is 2. The zero-order chi connectivity index (χ0) is 23.2. The Bertz CT molecular complexity index is 1430. The van der Waals surface area contributed by atoms with Gasteiger partial charge in [-0.1, -0.05) is 12.1 Å². The van der Waals surface area contributed by atoms with E-state index in [1.165, 1.54) is 35.9 Å². The topological polar surface area (TPSA) is 89.7 Å². The summed E-state index contributed by atoms with van der Waals surface area (Å²) in [5.74, 6) is 1.01. The molecule has 2 N–H and O–H groups in total. The van der Waals surface area contributed by atoms with Crippen molar-refractivity contribution in [3.05, 3.63) is 82.7 Å². The Morgan fingerprint density at radius 3 is 2.82 bits per heavy atom. The highest BCUT2D eigenvalue weighted by Crippen LogP contribution is 2.26. The highest BCUT2D eigenvalue weighted by molar-refractivity contribution is 5.82. The van der Waals surface area contributed by atoms with Crippen LogP contribution >= 0.6 is 0 Å². The zero-order valence-electron chi connectivity index (χ0n) is 18.5. The van der Waals surface area contributed by atoms with Gasteiger partial charge in [-0.15, -0.1) is 6.58 Å². The lowest BCUT2D eigenvalue weighted by molar-refractivity contribution is 0.206. The van der Waals surface area contributed by atoms with Crippen molar-refractivity contribution in [2.45, 2.75) is 39.2 Å². The lowest BCUT2D eigenvalue weighted by Gasteiger charge is -2.15. The van der Waals surface area contributed by atoms with E-state index in [1.807, 2.05) is 6.07 Å². The lowest BCUT2D eigenvalue weighted by atomic mass is 10.1. The molecule has 0 bridgehead atoms. The summed E-state index contributed by atoms with van der Waals surface area (Å²) >= 11 is 0. The van der Waals surface area contributed by atoms with Crippen molar-refractivity contribution in [3.63, 3.8) is 0 Å². The molecule has 1 aliphatic heterocycles. The molecule has 1 aromatic carbocycles. The van der Waals surface area contributed by atoms with Gasteiger partial charge in [0.1, 0.15) is 5.82 Å². The van der Waals surface area contributed by atoms with Gasteiger partial charge in [-0.05, 0) is 37.1 Å². The third-order valence-electron chi connectivity index (χ3n) is 5.62. The number of alkyl halides is 1. The minimum Gasteiger partial charge on any atom is -0.340 e. The van der Waals surface area contributed by atoms with Crippen LogP contribution in [-0.4, -0.2) is 24.3 Å². The highest BCUT2D eigenvalue weighted by atomic mass is 19.1. The first-order valence-electron chi connectivity index (χ1n) is 10.7. The Hall–Kier alpha value is -3.85. The van der Waals surface area contributed by atoms with Crippen molar-refractivity contribution in [1.82, 2.24) is 29.6 Å². The van der Waals surface area contributed by atoms with Crippen molar-refractivity contribution in [3.8, 4) is 5.82 Å². The molecule has 0 saturated carbocycles. The Morgan fingerprint density at radius 2 is 2.03 bits per heavy atom. The van der Waals surface area contributed by atoms with E-state index in [2.05, 4.69) is 44.3 Å². The maximum Gasteiger partial charge on any atom is 0.276 e. The van der Waals surface area contributed by atoms with E-state index in [9.17, 15) is 9.18 Å². The maximum atomic E-state index is 14.5. The molecule has 33 heavy (non-hydrogen) atoms. The van der Waals surface area contributed by atoms with E-state index < -0.39 is 5.67 Å². The van der Waals surface area contributed by atoms with Gasteiger partial charge >= 0.3 is 0 Å². The SMILES string of the molecule is C=CCn1c(=O)c2cnc(Nc3ccc4c(c3)CNC4)cc2n1-c1ccnc(C(C)(C)F)n1. The molecule has 8 nitrogen and oxygen atoms in total. The van der Waals surface area contributed by atoms with Gasteiger partial charge in [-0.2, -0.15) is 0 Å². The Morgan fingerprint density at radius 1 is 1.21 bits per heavy atom. The van der Waals surface area contributed by atoms with E-state index in [1.54, 1.807) is 29.1 Å². The lowest BCUT2D eigenvalue weighted by Crippen LogP contribution is -2.23. The average molecular weight is 446 g/mol. The number of allylic oxidation sites excluding steroid dienone is 1. The Balaban J connectivity index is 1.64. The molecule has 0 atom stereocenters. The van der Waals surface area contributed by atoms with Crippen LogP contribution in [0, 0.1) is 0 Å². The van der Waals surface area contributed by atoms with Crippen LogP contribution in [0.25, 0.3) is 16.7 Å². The van der Waals surface area contributed by atoms with Crippen molar-refractivity contribution in [2.24, 2.45) is 0 Å². The van der Waals surface area contributed by atoms with Crippen molar-refractivity contribution >= 4 is 22.4 Å². The molecular weight excluding hydrogens is 421 g/mol. The number of fused-ring (bicyclic) bond motifs is 2. The molecular formula is C24H24FN7O. The fourth-order valence-corrected chi connectivity index (χ4v) is 4.02. The minimum atomic E-state index is -1.72. The van der Waals surface area contributed by atoms with E-state index >= 15 is 0 Å². The van der Waals surface area contributed by atoms with Gasteiger partial charge in [0.05, 0.1) is 17.4 Å². The predicted octanol–water partition coefficient (Wildman–Crippen LogP) is 3.71. The number of hydrogen-bond acceptors (Lipinski definition) is 6. The summed E-state index contributed by atoms with van der Waals surface area (Å²) in [6.45, 7) is 8.52. The number of nitrogens with one attached hydrogen (secondary N) is 2. The third-order valence-corrected chi connectivity index (χ3v) is 5.62. The van der Waals surface area contributed by atoms with Crippen LogP contribution in [0.4, 0.5) is 15.9 Å². The van der Waals surface area contributed by atoms with Gasteiger partial charge in [-0.25, -0.2) is 28.7 Å². The van der Waals surface area contributed by atoms with Crippen LogP contribution in [-0.2, 0) is 25.3 Å². The van der Waals surface area contributed by atoms with Gasteiger partial charge in [-0.3, -0.25) is 4.79 Å². The van der Waals surface area contributed by atoms with Gasteiger partial charge in [0.25, 0.3) is 5.56 Å². The van der Waals surface area contributed by atoms with E-state index in [-0.39, 0.29) is 17.9 Å². The van der Waals surface area contributed by atoms with E-state index in [0.29, 0.717) is 22.5 Å². The standard InChI is InChI=1S/C24H24FN7O/c1-4-9-31-22(33)18-14-28-20(29-17-6-5-15-12-26-13-16(15)10-17)11-19(18)32(31)21-7-8-27-23(30-21)24(2,3)25/h4-8,10-11,14,26H,1,9,12-13H2,2-3H3,(H,28,29). The highest BCUT2D eigenvalue weighted by Gasteiger charge is 2.24. The molecule has 5 rings (SSSR count). The quantitative estimate of drug-likeness (QED) is 0.440. The summed E-state index contributed by atoms with van der Waals surface area (Å²) in [7, 11) is 0. The molecule has 0 aliphatic carbocycles. The van der Waals surface area contributed by atoms with Crippen molar-refractivity contribution in [1.29, 1.82) is 0 Å². The summed E-state index contributed by atoms with van der Waals surface area (Å²) in [5.41, 5.74) is 2.09. The second-order valence-corrected chi connectivity index (χ2v) is 8.50. The molecule has 0 fully saturated rings. The first-order valence-corrected chi connectivity index (χ1v) is 10.7. The molecule has 0 spiro atoms. The molecule has 0 unspecified atom stereocenters. The smallest absolute Gasteiger partial charge is 0.276 e. The molecule has 0 amide bonds. The molecule has 168 valence electrons. The number of rotatable bonds is 6. The molecule has 9 heteroatoms. The largest absolute Gasteiger partial charge is 0.340 e. The summed E-state index contributed by atoms with van der Waals surface area (Å²) in [6.07, 6.45) is 4.67. The number of anilines is 2. The van der Waals surface area contributed by atoms with Crippen molar-refractivity contribution < 1.29 is 4.39 Å². The number of nitrogens with zero attached hydrogens (tertiary/aromatic N) is 5. The predicted molar refractivity (Wildman–Crippen MR) is 126 cm³/mol. The second-order valence-electron chi connectivity index (χ2n) is 8.50. The third kappa shape index (κ3) is 3.80. The fraction of sp³-hybridized carbons (Fsp3) is 0.250. The monoisotopic (exact) mass is 445 g/mol. The maximum absolute atomic E-state index is 14.5. The summed E-state index contributed by atoms with van der Waals surface area (Å²) in [5, 5.41) is 7.09. The molecule has 4 heterocycles. The molecule has 0 radical (unpaired) electrons. The van der Waals surface area contributed by atoms with Gasteiger partial charge < -0.3 is 10.6 Å². The number of benzene rings is 1.